The molecule has 0 radical (unpaired) electrons. The van der Waals surface area contributed by atoms with E-state index in [4.69, 9.17) is 0 Å². The largest absolute Gasteiger partial charge is 0.366 e. The first kappa shape index (κ1) is 16.1. The van der Waals surface area contributed by atoms with Gasteiger partial charge in [0.05, 0.1) is 18.1 Å². The minimum atomic E-state index is 0.394. The summed E-state index contributed by atoms with van der Waals surface area (Å²) in [6.45, 7) is 8.94. The van der Waals surface area contributed by atoms with Crippen LogP contribution in [0, 0.1) is 0 Å². The van der Waals surface area contributed by atoms with E-state index >= 15 is 0 Å². The van der Waals surface area contributed by atoms with Crippen molar-refractivity contribution in [1.29, 1.82) is 0 Å². The van der Waals surface area contributed by atoms with Gasteiger partial charge in [0, 0.05) is 38.8 Å². The highest BCUT2D eigenvalue weighted by Crippen LogP contribution is 2.24. The number of rotatable bonds is 5. The Morgan fingerprint density at radius 2 is 1.68 bits per heavy atom. The third-order valence-corrected chi connectivity index (χ3v) is 5.15. The summed E-state index contributed by atoms with van der Waals surface area (Å²) in [4.78, 5) is 13.9. The predicted molar refractivity (Wildman–Crippen MR) is 102 cm³/mol. The van der Waals surface area contributed by atoms with Crippen LogP contribution in [-0.4, -0.2) is 53.6 Å². The third kappa shape index (κ3) is 3.66. The molecule has 1 aromatic carbocycles. The SMILES string of the molecule is C=CCN1CCN(c2cnc(NC3Cc4ccccc4C3)nc2)CC1. The zero-order valence-electron chi connectivity index (χ0n) is 14.6. The van der Waals surface area contributed by atoms with E-state index in [1.165, 1.54) is 11.1 Å². The molecule has 2 aromatic rings. The van der Waals surface area contributed by atoms with Crippen LogP contribution < -0.4 is 10.2 Å². The number of benzene rings is 1. The van der Waals surface area contributed by atoms with E-state index in [0.717, 1.165) is 57.2 Å². The lowest BCUT2D eigenvalue weighted by Crippen LogP contribution is -2.46. The zero-order valence-corrected chi connectivity index (χ0v) is 14.6. The fourth-order valence-corrected chi connectivity index (χ4v) is 3.77. The van der Waals surface area contributed by atoms with Gasteiger partial charge in [-0.3, -0.25) is 4.90 Å². The molecule has 0 bridgehead atoms. The Morgan fingerprint density at radius 1 is 1.04 bits per heavy atom. The monoisotopic (exact) mass is 335 g/mol. The van der Waals surface area contributed by atoms with Crippen molar-refractivity contribution in [2.24, 2.45) is 0 Å². The van der Waals surface area contributed by atoms with Gasteiger partial charge in [-0.25, -0.2) is 9.97 Å². The molecule has 0 spiro atoms. The van der Waals surface area contributed by atoms with Crippen molar-refractivity contribution in [2.45, 2.75) is 18.9 Å². The van der Waals surface area contributed by atoms with Gasteiger partial charge in [-0.2, -0.15) is 0 Å². The first-order chi connectivity index (χ1) is 12.3. The van der Waals surface area contributed by atoms with Crippen LogP contribution in [-0.2, 0) is 12.8 Å². The maximum Gasteiger partial charge on any atom is 0.222 e. The number of nitrogens with one attached hydrogen (secondary N) is 1. The number of aromatic nitrogens is 2. The van der Waals surface area contributed by atoms with Crippen LogP contribution in [0.4, 0.5) is 11.6 Å². The van der Waals surface area contributed by atoms with Gasteiger partial charge in [-0.1, -0.05) is 30.3 Å². The Morgan fingerprint density at radius 3 is 2.28 bits per heavy atom. The van der Waals surface area contributed by atoms with Crippen LogP contribution in [0.5, 0.6) is 0 Å². The lowest BCUT2D eigenvalue weighted by atomic mass is 10.1. The van der Waals surface area contributed by atoms with Gasteiger partial charge in [0.25, 0.3) is 0 Å². The van der Waals surface area contributed by atoms with Crippen molar-refractivity contribution in [3.63, 3.8) is 0 Å². The van der Waals surface area contributed by atoms with Crippen LogP contribution >= 0.6 is 0 Å². The molecule has 0 amide bonds. The summed E-state index contributed by atoms with van der Waals surface area (Å²) in [5.41, 5.74) is 3.99. The molecular formula is C20H25N5. The maximum atomic E-state index is 4.54. The second-order valence-corrected chi connectivity index (χ2v) is 6.86. The molecule has 0 saturated carbocycles. The molecule has 0 unspecified atom stereocenters. The van der Waals surface area contributed by atoms with E-state index in [2.05, 4.69) is 55.9 Å². The summed E-state index contributed by atoms with van der Waals surface area (Å²) in [5.74, 6) is 0.729. The molecule has 5 heteroatoms. The van der Waals surface area contributed by atoms with Gasteiger partial charge >= 0.3 is 0 Å². The van der Waals surface area contributed by atoms with Gasteiger partial charge in [-0.05, 0) is 24.0 Å². The van der Waals surface area contributed by atoms with E-state index in [0.29, 0.717) is 6.04 Å². The number of hydrogen-bond acceptors (Lipinski definition) is 5. The van der Waals surface area contributed by atoms with Crippen molar-refractivity contribution >= 4 is 11.6 Å². The van der Waals surface area contributed by atoms with E-state index in [1.54, 1.807) is 0 Å². The molecule has 130 valence electrons. The second kappa shape index (κ2) is 7.23. The summed E-state index contributed by atoms with van der Waals surface area (Å²) in [6, 6.07) is 9.05. The van der Waals surface area contributed by atoms with E-state index in [9.17, 15) is 0 Å². The Bertz CT molecular complexity index is 694. The number of hydrogen-bond donors (Lipinski definition) is 1. The van der Waals surface area contributed by atoms with E-state index in [1.807, 2.05) is 18.5 Å². The third-order valence-electron chi connectivity index (χ3n) is 5.15. The molecule has 2 aliphatic rings. The fourth-order valence-electron chi connectivity index (χ4n) is 3.77. The molecule has 4 rings (SSSR count). The number of fused-ring (bicyclic) bond motifs is 1. The average Bonchev–Trinajstić information content (AvgIpc) is 3.06. The van der Waals surface area contributed by atoms with Gasteiger partial charge < -0.3 is 10.2 Å². The first-order valence-corrected chi connectivity index (χ1v) is 9.05. The zero-order chi connectivity index (χ0) is 17.1. The van der Waals surface area contributed by atoms with Crippen LogP contribution in [0.1, 0.15) is 11.1 Å². The smallest absolute Gasteiger partial charge is 0.222 e. The molecule has 5 nitrogen and oxygen atoms in total. The van der Waals surface area contributed by atoms with Crippen molar-refractivity contribution in [2.75, 3.05) is 42.9 Å². The molecule has 25 heavy (non-hydrogen) atoms. The molecule has 1 aliphatic carbocycles. The first-order valence-electron chi connectivity index (χ1n) is 9.05. The Kier molecular flexibility index (Phi) is 4.65. The Balaban J connectivity index is 1.33. The van der Waals surface area contributed by atoms with E-state index < -0.39 is 0 Å². The van der Waals surface area contributed by atoms with Crippen molar-refractivity contribution < 1.29 is 0 Å². The topological polar surface area (TPSA) is 44.3 Å². The second-order valence-electron chi connectivity index (χ2n) is 6.86. The summed E-state index contributed by atoms with van der Waals surface area (Å²) in [6.07, 6.45) is 7.96. The standard InChI is InChI=1S/C20H25N5/c1-2-7-24-8-10-25(11-9-24)19-14-21-20(22-15-19)23-18-12-16-5-3-4-6-17(16)13-18/h2-6,14-15,18H,1,7-13H2,(H,21,22,23). The highest BCUT2D eigenvalue weighted by Gasteiger charge is 2.21. The molecule has 1 aliphatic heterocycles. The van der Waals surface area contributed by atoms with Crippen LogP contribution in [0.3, 0.4) is 0 Å². The average molecular weight is 335 g/mol. The van der Waals surface area contributed by atoms with Gasteiger partial charge in [-0.15, -0.1) is 6.58 Å². The normalized spacial score (nSPS) is 18.2. The molecule has 1 saturated heterocycles. The lowest BCUT2D eigenvalue weighted by Gasteiger charge is -2.35. The quantitative estimate of drug-likeness (QED) is 0.850. The molecule has 1 aromatic heterocycles. The van der Waals surface area contributed by atoms with Crippen molar-refractivity contribution in [3.05, 3.63) is 60.4 Å². The van der Waals surface area contributed by atoms with Crippen molar-refractivity contribution in [3.8, 4) is 0 Å². The maximum absolute atomic E-state index is 4.54. The van der Waals surface area contributed by atoms with Crippen LogP contribution in [0.25, 0.3) is 0 Å². The van der Waals surface area contributed by atoms with Gasteiger partial charge in [0.15, 0.2) is 0 Å². The minimum Gasteiger partial charge on any atom is -0.366 e. The van der Waals surface area contributed by atoms with Crippen LogP contribution in [0.15, 0.2) is 49.3 Å². The summed E-state index contributed by atoms with van der Waals surface area (Å²) >= 11 is 0. The summed E-state index contributed by atoms with van der Waals surface area (Å²) in [7, 11) is 0. The highest BCUT2D eigenvalue weighted by atomic mass is 15.3. The summed E-state index contributed by atoms with van der Waals surface area (Å²) < 4.78 is 0. The molecule has 2 heterocycles. The number of nitrogens with zero attached hydrogens (tertiary/aromatic N) is 4. The number of anilines is 2. The molecular weight excluding hydrogens is 310 g/mol. The lowest BCUT2D eigenvalue weighted by molar-refractivity contribution is 0.284. The van der Waals surface area contributed by atoms with Gasteiger partial charge in [0.2, 0.25) is 5.95 Å². The van der Waals surface area contributed by atoms with Crippen molar-refractivity contribution in [1.82, 2.24) is 14.9 Å². The van der Waals surface area contributed by atoms with Gasteiger partial charge in [0.1, 0.15) is 0 Å². The Hall–Kier alpha value is -2.40. The fraction of sp³-hybridized carbons (Fsp3) is 0.400. The summed E-state index contributed by atoms with van der Waals surface area (Å²) in [5, 5.41) is 3.48. The van der Waals surface area contributed by atoms with E-state index in [-0.39, 0.29) is 0 Å². The predicted octanol–water partition coefficient (Wildman–Crippen LogP) is 2.36. The van der Waals surface area contributed by atoms with Crippen LogP contribution in [0.2, 0.25) is 0 Å². The molecule has 1 N–H and O–H groups in total. The Labute approximate surface area is 149 Å². The molecule has 1 fully saturated rings. The number of piperazine rings is 1. The molecule has 0 atom stereocenters. The highest BCUT2D eigenvalue weighted by molar-refractivity contribution is 5.46. The minimum absolute atomic E-state index is 0.394.